The lowest BCUT2D eigenvalue weighted by molar-refractivity contribution is -0.122. The van der Waals surface area contributed by atoms with Gasteiger partial charge in [0.25, 0.3) is 0 Å². The number of amides is 3. The van der Waals surface area contributed by atoms with Crippen LogP contribution in [0.15, 0.2) is 42.5 Å². The van der Waals surface area contributed by atoms with Crippen LogP contribution in [0, 0.1) is 5.92 Å². The van der Waals surface area contributed by atoms with Gasteiger partial charge in [0, 0.05) is 45.2 Å². The molecule has 38 heavy (non-hydrogen) atoms. The van der Waals surface area contributed by atoms with Crippen molar-refractivity contribution in [3.63, 3.8) is 0 Å². The first-order chi connectivity index (χ1) is 18.6. The lowest BCUT2D eigenvalue weighted by Crippen LogP contribution is -2.48. The zero-order valence-corrected chi connectivity index (χ0v) is 22.4. The Morgan fingerprint density at radius 2 is 1.74 bits per heavy atom. The lowest BCUT2D eigenvalue weighted by Gasteiger charge is -2.33. The van der Waals surface area contributed by atoms with Gasteiger partial charge < -0.3 is 30.5 Å². The molecular formula is C30H41N5O3. The molecule has 1 aliphatic carbocycles. The van der Waals surface area contributed by atoms with E-state index in [9.17, 15) is 9.59 Å². The van der Waals surface area contributed by atoms with E-state index in [1.54, 1.807) is 0 Å². The number of carbonyl (C=O) groups is 2. The van der Waals surface area contributed by atoms with Crippen LogP contribution in [0.2, 0.25) is 0 Å². The number of hydrogen-bond donors (Lipinski definition) is 2. The van der Waals surface area contributed by atoms with Crippen LogP contribution in [0.5, 0.6) is 0 Å². The molecule has 3 fully saturated rings. The van der Waals surface area contributed by atoms with E-state index >= 15 is 0 Å². The van der Waals surface area contributed by atoms with Crippen molar-refractivity contribution in [3.05, 3.63) is 48.0 Å². The van der Waals surface area contributed by atoms with Gasteiger partial charge in [-0.1, -0.05) is 30.7 Å². The SMILES string of the molecule is NCCCN(Cc1cccc(-c2ccc(N3CCCC3)c(NC(=O)C3CCC3)c2)c1)C(=O)N1CCOCC1. The van der Waals surface area contributed by atoms with Crippen LogP contribution in [0.3, 0.4) is 0 Å². The van der Waals surface area contributed by atoms with Crippen LogP contribution in [0.1, 0.15) is 44.1 Å². The summed E-state index contributed by atoms with van der Waals surface area (Å²) in [4.78, 5) is 32.3. The Bertz CT molecular complexity index is 1110. The Morgan fingerprint density at radius 1 is 0.974 bits per heavy atom. The summed E-state index contributed by atoms with van der Waals surface area (Å²) in [6.07, 6.45) is 6.23. The van der Waals surface area contributed by atoms with Crippen molar-refractivity contribution in [2.45, 2.75) is 45.1 Å². The Hall–Kier alpha value is -3.10. The summed E-state index contributed by atoms with van der Waals surface area (Å²) >= 11 is 0. The summed E-state index contributed by atoms with van der Waals surface area (Å²) in [7, 11) is 0. The number of benzene rings is 2. The maximum atomic E-state index is 13.3. The van der Waals surface area contributed by atoms with Gasteiger partial charge in [-0.25, -0.2) is 4.79 Å². The molecule has 204 valence electrons. The van der Waals surface area contributed by atoms with Crippen molar-refractivity contribution in [1.29, 1.82) is 0 Å². The average Bonchev–Trinajstić information content (AvgIpc) is 3.45. The monoisotopic (exact) mass is 519 g/mol. The third kappa shape index (κ3) is 6.30. The number of nitrogens with two attached hydrogens (primary N) is 1. The van der Waals surface area contributed by atoms with Crippen LogP contribution in [0.25, 0.3) is 11.1 Å². The highest BCUT2D eigenvalue weighted by molar-refractivity contribution is 5.97. The second-order valence-corrected chi connectivity index (χ2v) is 10.7. The molecule has 0 bridgehead atoms. The summed E-state index contributed by atoms with van der Waals surface area (Å²) in [6, 6.07) is 14.8. The van der Waals surface area contributed by atoms with Crippen molar-refractivity contribution < 1.29 is 14.3 Å². The highest BCUT2D eigenvalue weighted by atomic mass is 16.5. The minimum Gasteiger partial charge on any atom is -0.378 e. The van der Waals surface area contributed by atoms with Gasteiger partial charge in [0.15, 0.2) is 0 Å². The predicted octanol–water partition coefficient (Wildman–Crippen LogP) is 4.30. The summed E-state index contributed by atoms with van der Waals surface area (Å²) in [6.45, 7) is 6.16. The topological polar surface area (TPSA) is 91.1 Å². The van der Waals surface area contributed by atoms with Crippen LogP contribution in [-0.2, 0) is 16.1 Å². The second kappa shape index (κ2) is 12.6. The van der Waals surface area contributed by atoms with Gasteiger partial charge in [-0.15, -0.1) is 0 Å². The minimum absolute atomic E-state index is 0.0445. The number of morpholine rings is 1. The van der Waals surface area contributed by atoms with Crippen molar-refractivity contribution in [3.8, 4) is 11.1 Å². The maximum absolute atomic E-state index is 13.3. The first kappa shape index (κ1) is 26.5. The lowest BCUT2D eigenvalue weighted by atomic mass is 9.85. The smallest absolute Gasteiger partial charge is 0.320 e. The van der Waals surface area contributed by atoms with E-state index in [4.69, 9.17) is 10.5 Å². The van der Waals surface area contributed by atoms with E-state index in [0.29, 0.717) is 45.9 Å². The Labute approximate surface area is 226 Å². The average molecular weight is 520 g/mol. The third-order valence-electron chi connectivity index (χ3n) is 8.00. The van der Waals surface area contributed by atoms with E-state index in [2.05, 4.69) is 46.6 Å². The van der Waals surface area contributed by atoms with Crippen LogP contribution >= 0.6 is 0 Å². The Kier molecular flexibility index (Phi) is 8.81. The number of carbonyl (C=O) groups excluding carboxylic acids is 2. The van der Waals surface area contributed by atoms with Crippen molar-refractivity contribution in [2.24, 2.45) is 11.7 Å². The molecule has 0 radical (unpaired) electrons. The fraction of sp³-hybridized carbons (Fsp3) is 0.533. The Morgan fingerprint density at radius 3 is 2.45 bits per heavy atom. The highest BCUT2D eigenvalue weighted by Gasteiger charge is 2.27. The molecule has 0 spiro atoms. The highest BCUT2D eigenvalue weighted by Crippen LogP contribution is 2.35. The molecule has 2 heterocycles. The zero-order chi connectivity index (χ0) is 26.3. The predicted molar refractivity (Wildman–Crippen MR) is 151 cm³/mol. The molecule has 2 aromatic carbocycles. The Balaban J connectivity index is 1.37. The first-order valence-electron chi connectivity index (χ1n) is 14.2. The molecule has 0 unspecified atom stereocenters. The van der Waals surface area contributed by atoms with E-state index < -0.39 is 0 Å². The number of nitrogens with one attached hydrogen (secondary N) is 1. The molecule has 8 heteroatoms. The molecule has 0 atom stereocenters. The van der Waals surface area contributed by atoms with Gasteiger partial charge in [0.2, 0.25) is 5.91 Å². The number of ether oxygens (including phenoxy) is 1. The second-order valence-electron chi connectivity index (χ2n) is 10.7. The van der Waals surface area contributed by atoms with E-state index in [0.717, 1.165) is 66.8 Å². The first-order valence-corrected chi connectivity index (χ1v) is 14.2. The van der Waals surface area contributed by atoms with Gasteiger partial charge >= 0.3 is 6.03 Å². The summed E-state index contributed by atoms with van der Waals surface area (Å²) in [5.74, 6) is 0.275. The molecule has 5 rings (SSSR count). The maximum Gasteiger partial charge on any atom is 0.320 e. The number of nitrogens with zero attached hydrogens (tertiary/aromatic N) is 3. The number of urea groups is 1. The third-order valence-corrected chi connectivity index (χ3v) is 8.00. The zero-order valence-electron chi connectivity index (χ0n) is 22.4. The number of anilines is 2. The van der Waals surface area contributed by atoms with Crippen molar-refractivity contribution >= 4 is 23.3 Å². The normalized spacial score (nSPS) is 17.8. The largest absolute Gasteiger partial charge is 0.378 e. The quantitative estimate of drug-likeness (QED) is 0.516. The van der Waals surface area contributed by atoms with E-state index in [1.165, 1.54) is 12.8 Å². The van der Waals surface area contributed by atoms with Crippen LogP contribution < -0.4 is 16.0 Å². The molecule has 0 aromatic heterocycles. The van der Waals surface area contributed by atoms with Gasteiger partial charge in [0.05, 0.1) is 24.6 Å². The van der Waals surface area contributed by atoms with E-state index in [1.807, 2.05) is 15.9 Å². The fourth-order valence-electron chi connectivity index (χ4n) is 5.50. The molecule has 3 N–H and O–H groups in total. The molecule has 1 saturated carbocycles. The van der Waals surface area contributed by atoms with Crippen LogP contribution in [-0.4, -0.2) is 74.2 Å². The molecule has 8 nitrogen and oxygen atoms in total. The standard InChI is InChI=1S/C30H41N5O3/c31-12-5-15-35(30(37)34-16-18-38-19-17-34)22-23-6-3-9-25(20-23)26-10-11-28(33-13-1-2-14-33)27(21-26)32-29(36)24-7-4-8-24/h3,6,9-11,20-21,24H,1-2,4-5,7-8,12-19,22,31H2,(H,32,36). The van der Waals surface area contributed by atoms with Gasteiger partial charge in [-0.2, -0.15) is 0 Å². The summed E-state index contributed by atoms with van der Waals surface area (Å²) in [5, 5.41) is 3.26. The van der Waals surface area contributed by atoms with Gasteiger partial charge in [0.1, 0.15) is 0 Å². The fourth-order valence-corrected chi connectivity index (χ4v) is 5.50. The number of rotatable bonds is 9. The molecule has 2 saturated heterocycles. The molecule has 2 aliphatic heterocycles. The van der Waals surface area contributed by atoms with E-state index in [-0.39, 0.29) is 17.9 Å². The number of hydrogen-bond acceptors (Lipinski definition) is 5. The molecule has 3 amide bonds. The van der Waals surface area contributed by atoms with Crippen molar-refractivity contribution in [1.82, 2.24) is 9.80 Å². The summed E-state index contributed by atoms with van der Waals surface area (Å²) in [5.41, 5.74) is 11.0. The van der Waals surface area contributed by atoms with Gasteiger partial charge in [-0.3, -0.25) is 4.79 Å². The summed E-state index contributed by atoms with van der Waals surface area (Å²) < 4.78 is 5.43. The molecule has 2 aromatic rings. The van der Waals surface area contributed by atoms with Crippen LogP contribution in [0.4, 0.5) is 16.2 Å². The van der Waals surface area contributed by atoms with Crippen molar-refractivity contribution in [2.75, 3.05) is 62.7 Å². The molecular weight excluding hydrogens is 478 g/mol. The van der Waals surface area contributed by atoms with Gasteiger partial charge in [-0.05, 0) is 73.5 Å². The molecule has 3 aliphatic rings. The minimum atomic E-state index is 0.0445.